The van der Waals surface area contributed by atoms with Gasteiger partial charge in [0.2, 0.25) is 0 Å². The van der Waals surface area contributed by atoms with Crippen molar-refractivity contribution in [3.05, 3.63) is 59.7 Å². The van der Waals surface area contributed by atoms with Crippen molar-refractivity contribution in [2.45, 2.75) is 65.1 Å². The Balaban J connectivity index is 1.68. The van der Waals surface area contributed by atoms with Gasteiger partial charge in [-0.25, -0.2) is 4.98 Å². The second kappa shape index (κ2) is 9.71. The van der Waals surface area contributed by atoms with Crippen molar-refractivity contribution in [1.82, 2.24) is 19.4 Å². The number of pyridine rings is 1. The molecule has 2 aromatic heterocycles. The van der Waals surface area contributed by atoms with Crippen LogP contribution in [0.4, 0.5) is 0 Å². The van der Waals surface area contributed by atoms with Crippen LogP contribution in [0, 0.1) is 5.92 Å². The van der Waals surface area contributed by atoms with Crippen molar-refractivity contribution in [2.24, 2.45) is 11.7 Å². The first-order valence-corrected chi connectivity index (χ1v) is 11.5. The molecule has 0 saturated heterocycles. The van der Waals surface area contributed by atoms with Crippen molar-refractivity contribution < 1.29 is 0 Å². The van der Waals surface area contributed by atoms with Gasteiger partial charge in [0.1, 0.15) is 5.82 Å². The molecular formula is C25H35N5. The zero-order valence-corrected chi connectivity index (χ0v) is 18.4. The number of para-hydroxylation sites is 2. The summed E-state index contributed by atoms with van der Waals surface area (Å²) in [5, 5.41) is 0. The maximum atomic E-state index is 5.84. The number of imidazole rings is 1. The van der Waals surface area contributed by atoms with Crippen molar-refractivity contribution in [2.75, 3.05) is 13.1 Å². The summed E-state index contributed by atoms with van der Waals surface area (Å²) in [5.74, 6) is 1.83. The molecule has 1 atom stereocenters. The molecular weight excluding hydrogens is 370 g/mol. The number of hydrogen-bond donors (Lipinski definition) is 1. The Morgan fingerprint density at radius 3 is 2.90 bits per heavy atom. The number of nitrogens with two attached hydrogens (primary N) is 1. The fraction of sp³-hybridized carbons (Fsp3) is 0.520. The van der Waals surface area contributed by atoms with Crippen molar-refractivity contribution >= 4 is 11.0 Å². The Morgan fingerprint density at radius 2 is 2.07 bits per heavy atom. The van der Waals surface area contributed by atoms with Crippen molar-refractivity contribution in [1.29, 1.82) is 0 Å². The number of benzene rings is 1. The number of fused-ring (bicyclic) bond motifs is 2. The van der Waals surface area contributed by atoms with Gasteiger partial charge in [0, 0.05) is 12.7 Å². The van der Waals surface area contributed by atoms with E-state index >= 15 is 0 Å². The monoisotopic (exact) mass is 405 g/mol. The zero-order chi connectivity index (χ0) is 20.9. The molecule has 1 aliphatic carbocycles. The quantitative estimate of drug-likeness (QED) is 0.560. The van der Waals surface area contributed by atoms with Crippen LogP contribution in [0.25, 0.3) is 11.0 Å². The Labute approximate surface area is 180 Å². The maximum Gasteiger partial charge on any atom is 0.124 e. The van der Waals surface area contributed by atoms with Crippen LogP contribution in [-0.4, -0.2) is 32.5 Å². The topological polar surface area (TPSA) is 60.0 Å². The Morgan fingerprint density at radius 1 is 1.20 bits per heavy atom. The Kier molecular flexibility index (Phi) is 6.80. The van der Waals surface area contributed by atoms with Crippen LogP contribution in [0.1, 0.15) is 62.7 Å². The molecule has 2 N–H and O–H groups in total. The van der Waals surface area contributed by atoms with E-state index in [1.807, 2.05) is 6.20 Å². The summed E-state index contributed by atoms with van der Waals surface area (Å²) < 4.78 is 2.38. The van der Waals surface area contributed by atoms with E-state index in [4.69, 9.17) is 15.7 Å². The normalized spacial score (nSPS) is 16.5. The van der Waals surface area contributed by atoms with E-state index < -0.39 is 0 Å². The number of rotatable bonds is 9. The van der Waals surface area contributed by atoms with Gasteiger partial charge in [-0.3, -0.25) is 9.88 Å². The second-order valence-electron chi connectivity index (χ2n) is 8.92. The van der Waals surface area contributed by atoms with Gasteiger partial charge in [0.05, 0.1) is 29.3 Å². The van der Waals surface area contributed by atoms with Gasteiger partial charge < -0.3 is 10.3 Å². The molecule has 0 spiro atoms. The summed E-state index contributed by atoms with van der Waals surface area (Å²) in [6.07, 6.45) is 7.64. The van der Waals surface area contributed by atoms with Gasteiger partial charge in [-0.1, -0.05) is 32.0 Å². The average Bonchev–Trinajstić information content (AvgIpc) is 3.11. The van der Waals surface area contributed by atoms with Crippen molar-refractivity contribution in [3.8, 4) is 0 Å². The molecule has 0 amide bonds. The second-order valence-corrected chi connectivity index (χ2v) is 8.92. The molecule has 0 saturated carbocycles. The smallest absolute Gasteiger partial charge is 0.124 e. The minimum Gasteiger partial charge on any atom is -0.330 e. The Bertz CT molecular complexity index is 961. The van der Waals surface area contributed by atoms with Crippen LogP contribution in [0.5, 0.6) is 0 Å². The molecule has 1 aromatic carbocycles. The average molecular weight is 406 g/mol. The van der Waals surface area contributed by atoms with Crippen molar-refractivity contribution in [3.63, 3.8) is 0 Å². The molecule has 0 radical (unpaired) electrons. The molecule has 160 valence electrons. The fourth-order valence-electron chi connectivity index (χ4n) is 4.64. The molecule has 30 heavy (non-hydrogen) atoms. The molecule has 5 nitrogen and oxygen atoms in total. The third-order valence-corrected chi connectivity index (χ3v) is 6.26. The molecule has 3 aromatic rings. The highest BCUT2D eigenvalue weighted by Gasteiger charge is 2.28. The summed E-state index contributed by atoms with van der Waals surface area (Å²) in [7, 11) is 0. The third-order valence-electron chi connectivity index (χ3n) is 6.26. The first kappa shape index (κ1) is 21.0. The zero-order valence-electron chi connectivity index (χ0n) is 18.4. The standard InChI is InChI=1S/C25H35N5/c1-19(2)13-17-29(23-12-5-8-20-9-6-15-27-25(20)23)18-24-28-21-10-3-4-11-22(21)30(24)16-7-14-26/h3-4,6,9-11,15,19,23H,5,7-8,12-14,16-18,26H2,1-2H3. The van der Waals surface area contributed by atoms with Crippen LogP contribution in [0.15, 0.2) is 42.6 Å². The summed E-state index contributed by atoms with van der Waals surface area (Å²) in [6.45, 7) is 8.15. The lowest BCUT2D eigenvalue weighted by atomic mass is 9.90. The minimum atomic E-state index is 0.372. The molecule has 0 bridgehead atoms. The molecule has 0 aliphatic heterocycles. The molecule has 1 unspecified atom stereocenters. The number of nitrogens with zero attached hydrogens (tertiary/aromatic N) is 4. The van der Waals surface area contributed by atoms with E-state index in [9.17, 15) is 0 Å². The van der Waals surface area contributed by atoms with E-state index in [2.05, 4.69) is 59.7 Å². The van der Waals surface area contributed by atoms with E-state index in [-0.39, 0.29) is 0 Å². The maximum absolute atomic E-state index is 5.84. The largest absolute Gasteiger partial charge is 0.330 e. The minimum absolute atomic E-state index is 0.372. The Hall–Kier alpha value is -2.24. The summed E-state index contributed by atoms with van der Waals surface area (Å²) in [5.41, 5.74) is 10.8. The predicted molar refractivity (Wildman–Crippen MR) is 123 cm³/mol. The summed E-state index contributed by atoms with van der Waals surface area (Å²) in [6, 6.07) is 13.2. The highest BCUT2D eigenvalue weighted by atomic mass is 15.2. The lowest BCUT2D eigenvalue weighted by Gasteiger charge is -2.35. The SMILES string of the molecule is CC(C)CCN(Cc1nc2ccccc2n1CCCN)C1CCCc2cccnc21. The van der Waals surface area contributed by atoms with Gasteiger partial charge in [-0.2, -0.15) is 0 Å². The van der Waals surface area contributed by atoms with Gasteiger partial charge >= 0.3 is 0 Å². The summed E-state index contributed by atoms with van der Waals surface area (Å²) >= 11 is 0. The number of aromatic nitrogens is 3. The lowest BCUT2D eigenvalue weighted by Crippen LogP contribution is -2.34. The first-order chi connectivity index (χ1) is 14.7. The van der Waals surface area contributed by atoms with E-state index in [0.717, 1.165) is 43.8 Å². The van der Waals surface area contributed by atoms with Gasteiger partial charge in [-0.15, -0.1) is 0 Å². The van der Waals surface area contributed by atoms with E-state index in [0.29, 0.717) is 18.5 Å². The predicted octanol–water partition coefficient (Wildman–Crippen LogP) is 4.71. The highest BCUT2D eigenvalue weighted by molar-refractivity contribution is 5.75. The van der Waals surface area contributed by atoms with Crippen LogP contribution in [-0.2, 0) is 19.5 Å². The van der Waals surface area contributed by atoms with E-state index in [1.54, 1.807) is 0 Å². The first-order valence-electron chi connectivity index (χ1n) is 11.5. The van der Waals surface area contributed by atoms with Crippen LogP contribution >= 0.6 is 0 Å². The highest BCUT2D eigenvalue weighted by Crippen LogP contribution is 2.34. The lowest BCUT2D eigenvalue weighted by molar-refractivity contribution is 0.151. The summed E-state index contributed by atoms with van der Waals surface area (Å²) in [4.78, 5) is 12.5. The van der Waals surface area contributed by atoms with Crippen LogP contribution in [0.2, 0.25) is 0 Å². The van der Waals surface area contributed by atoms with Crippen LogP contribution in [0.3, 0.4) is 0 Å². The third kappa shape index (κ3) is 4.57. The number of aryl methyl sites for hydroxylation is 2. The van der Waals surface area contributed by atoms with E-state index in [1.165, 1.54) is 36.0 Å². The van der Waals surface area contributed by atoms with Crippen LogP contribution < -0.4 is 5.73 Å². The van der Waals surface area contributed by atoms with Gasteiger partial charge in [0.15, 0.2) is 0 Å². The van der Waals surface area contributed by atoms with Gasteiger partial charge in [0.25, 0.3) is 0 Å². The number of hydrogen-bond acceptors (Lipinski definition) is 4. The van der Waals surface area contributed by atoms with Gasteiger partial charge in [-0.05, 0) is 74.9 Å². The fourth-order valence-corrected chi connectivity index (χ4v) is 4.64. The molecule has 0 fully saturated rings. The molecule has 2 heterocycles. The molecule has 4 rings (SSSR count). The molecule has 1 aliphatic rings. The molecule has 5 heteroatoms.